The van der Waals surface area contributed by atoms with Crippen LogP contribution >= 0.6 is 0 Å². The van der Waals surface area contributed by atoms with Gasteiger partial charge in [-0.1, -0.05) is 0 Å². The lowest BCUT2D eigenvalue weighted by atomic mass is 9.79. The van der Waals surface area contributed by atoms with Crippen LogP contribution in [-0.2, 0) is 19.3 Å². The lowest BCUT2D eigenvalue weighted by Gasteiger charge is -2.53. The number of rotatable bonds is 8. The topological polar surface area (TPSA) is 110 Å². The number of carbonyl (C=O) groups excluding carboxylic acids is 1. The van der Waals surface area contributed by atoms with Crippen molar-refractivity contribution in [2.75, 3.05) is 27.4 Å². The molecule has 1 saturated carbocycles. The molecule has 0 aromatic heterocycles. The molecule has 4 rings (SSSR count). The second-order valence-electron chi connectivity index (χ2n) is 18.7. The molecule has 48 heavy (non-hydrogen) atoms. The number of hydrogen-bond acceptors (Lipinski definition) is 10. The maximum Gasteiger partial charge on any atom is 0.217 e. The van der Waals surface area contributed by atoms with Gasteiger partial charge in [0.1, 0.15) is 6.73 Å². The van der Waals surface area contributed by atoms with Crippen molar-refractivity contribution in [1.82, 2.24) is 25.4 Å². The molecule has 11 heteroatoms. The molecule has 0 spiro atoms. The highest BCUT2D eigenvalue weighted by atomic mass is 16.7. The van der Waals surface area contributed by atoms with E-state index in [0.29, 0.717) is 19.4 Å². The summed E-state index contributed by atoms with van der Waals surface area (Å²) in [6.45, 7) is 30.6. The molecule has 0 atom stereocenters. The zero-order chi connectivity index (χ0) is 37.1. The number of aliphatic hydroxyl groups is 2. The molecule has 0 aromatic carbocycles. The third-order valence-electron chi connectivity index (χ3n) is 9.62. The summed E-state index contributed by atoms with van der Waals surface area (Å²) in [5.41, 5.74) is -0.516. The summed E-state index contributed by atoms with van der Waals surface area (Å²) in [7, 11) is 3.97. The van der Waals surface area contributed by atoms with Gasteiger partial charge in [0, 0.05) is 46.2 Å². The lowest BCUT2D eigenvalue weighted by molar-refractivity contribution is -0.304. The molecular weight excluding hydrogens is 610 g/mol. The fourth-order valence-electron chi connectivity index (χ4n) is 8.68. The van der Waals surface area contributed by atoms with E-state index in [-0.39, 0.29) is 57.4 Å². The van der Waals surface area contributed by atoms with Crippen molar-refractivity contribution in [3.63, 3.8) is 0 Å². The van der Waals surface area contributed by atoms with E-state index in [4.69, 9.17) is 14.5 Å². The van der Waals surface area contributed by atoms with Crippen LogP contribution in [0.15, 0.2) is 0 Å². The largest absolute Gasteiger partial charge is 0.393 e. The molecule has 0 bridgehead atoms. The van der Waals surface area contributed by atoms with Gasteiger partial charge in [0.05, 0.1) is 24.9 Å². The van der Waals surface area contributed by atoms with Gasteiger partial charge < -0.3 is 15.5 Å². The van der Waals surface area contributed by atoms with Crippen LogP contribution in [0.4, 0.5) is 0 Å². The molecule has 3 saturated heterocycles. The summed E-state index contributed by atoms with van der Waals surface area (Å²) in [5, 5.41) is 29.1. The number of piperidine rings is 3. The third kappa shape index (κ3) is 12.4. The Balaban J connectivity index is 0.000000250. The maximum atomic E-state index is 11.2. The minimum absolute atomic E-state index is 0.0476. The molecule has 0 radical (unpaired) electrons. The van der Waals surface area contributed by atoms with Crippen LogP contribution in [0.1, 0.15) is 148 Å². The summed E-state index contributed by atoms with van der Waals surface area (Å²) < 4.78 is 0. The Morgan fingerprint density at radius 2 is 1.02 bits per heavy atom. The van der Waals surface area contributed by atoms with E-state index in [0.717, 1.165) is 38.5 Å². The van der Waals surface area contributed by atoms with Gasteiger partial charge in [0.15, 0.2) is 0 Å². The number of hydrogen-bond donors (Lipinski definition) is 3. The standard InChI is InChI=1S/C13H26N2O2.C12H26N2O2.C12H23NO2/c1-7-17-15-12(3,4)8-11(14-10(2)16)9-13(15,5)6;1-11(2)7-10(15)8-12(3,4)14(11)16-9-13(5)6;1-11(2)7-9(14)8-12(3,4)13(11)15-10-5-6-10/h11H,7-9H2,1-6H3,(H,14,16);10,15H,7-9H2,1-6H3;9-10,14H,5-8H2,1-4H3. The molecule has 3 aliphatic heterocycles. The van der Waals surface area contributed by atoms with Crippen molar-refractivity contribution in [3.05, 3.63) is 0 Å². The minimum atomic E-state index is -0.232. The molecule has 1 amide bonds. The second kappa shape index (κ2) is 16.2. The van der Waals surface area contributed by atoms with Gasteiger partial charge in [0.25, 0.3) is 0 Å². The summed E-state index contributed by atoms with van der Waals surface area (Å²) in [6, 6.07) is 0.231. The second-order valence-corrected chi connectivity index (χ2v) is 18.7. The summed E-state index contributed by atoms with van der Waals surface area (Å²) in [6.07, 6.45) is 7.29. The van der Waals surface area contributed by atoms with Gasteiger partial charge in [-0.2, -0.15) is 15.2 Å². The van der Waals surface area contributed by atoms with E-state index >= 15 is 0 Å². The molecule has 284 valence electrons. The van der Waals surface area contributed by atoms with E-state index in [1.807, 2.05) is 31.0 Å². The Morgan fingerprint density at radius 1 is 0.667 bits per heavy atom. The average Bonchev–Trinajstić information content (AvgIpc) is 3.65. The molecule has 0 unspecified atom stereocenters. The van der Waals surface area contributed by atoms with Gasteiger partial charge in [-0.05, 0) is 155 Å². The van der Waals surface area contributed by atoms with Crippen molar-refractivity contribution in [2.24, 2.45) is 0 Å². The van der Waals surface area contributed by atoms with Crippen molar-refractivity contribution in [3.8, 4) is 0 Å². The zero-order valence-electron chi connectivity index (χ0n) is 33.7. The SMILES string of the molecule is CC1(C)CC(O)CC(C)(C)N1OC1CC1.CCON1C(C)(C)CC(NC(C)=O)CC1(C)C.CN(C)CON1C(C)(C)CC(O)CC1(C)C. The fraction of sp³-hybridized carbons (Fsp3) is 0.973. The summed E-state index contributed by atoms with van der Waals surface area (Å²) >= 11 is 0. The molecule has 3 N–H and O–H groups in total. The smallest absolute Gasteiger partial charge is 0.217 e. The van der Waals surface area contributed by atoms with Crippen LogP contribution in [0, 0.1) is 0 Å². The number of hydroxylamine groups is 6. The number of carbonyl (C=O) groups is 1. The van der Waals surface area contributed by atoms with Crippen LogP contribution in [0.25, 0.3) is 0 Å². The Hall–Kier alpha value is -0.890. The van der Waals surface area contributed by atoms with Gasteiger partial charge in [-0.15, -0.1) is 0 Å². The molecule has 4 fully saturated rings. The predicted octanol–water partition coefficient (Wildman–Crippen LogP) is 5.64. The highest BCUT2D eigenvalue weighted by molar-refractivity contribution is 5.73. The van der Waals surface area contributed by atoms with E-state index in [1.165, 1.54) is 12.8 Å². The molecule has 1 aliphatic carbocycles. The van der Waals surface area contributed by atoms with Crippen molar-refractivity contribution in [1.29, 1.82) is 0 Å². The molecule has 4 aliphatic rings. The first kappa shape index (κ1) is 43.3. The zero-order valence-corrected chi connectivity index (χ0v) is 33.7. The Labute approximate surface area is 293 Å². The Morgan fingerprint density at radius 3 is 1.35 bits per heavy atom. The van der Waals surface area contributed by atoms with Crippen LogP contribution in [0.5, 0.6) is 0 Å². The predicted molar refractivity (Wildman–Crippen MR) is 193 cm³/mol. The van der Waals surface area contributed by atoms with Crippen LogP contribution < -0.4 is 5.32 Å². The summed E-state index contributed by atoms with van der Waals surface area (Å²) in [4.78, 5) is 30.8. The molecular formula is C37H75N5O6. The number of nitrogens with zero attached hydrogens (tertiary/aromatic N) is 4. The van der Waals surface area contributed by atoms with Gasteiger partial charge >= 0.3 is 0 Å². The number of aliphatic hydroxyl groups excluding tert-OH is 2. The van der Waals surface area contributed by atoms with Crippen molar-refractivity contribution < 1.29 is 29.5 Å². The van der Waals surface area contributed by atoms with E-state index < -0.39 is 0 Å². The fourth-order valence-corrected chi connectivity index (χ4v) is 8.68. The first-order valence-corrected chi connectivity index (χ1v) is 18.3. The third-order valence-corrected chi connectivity index (χ3v) is 9.62. The van der Waals surface area contributed by atoms with Gasteiger partial charge in [0.2, 0.25) is 5.91 Å². The summed E-state index contributed by atoms with van der Waals surface area (Å²) in [5.74, 6) is 0.0476. The van der Waals surface area contributed by atoms with Crippen molar-refractivity contribution >= 4 is 5.91 Å². The van der Waals surface area contributed by atoms with Crippen LogP contribution in [0.2, 0.25) is 0 Å². The number of amides is 1. The van der Waals surface area contributed by atoms with Gasteiger partial charge in [-0.25, -0.2) is 0 Å². The minimum Gasteiger partial charge on any atom is -0.393 e. The molecule has 0 aromatic rings. The van der Waals surface area contributed by atoms with Gasteiger partial charge in [-0.3, -0.25) is 24.2 Å². The quantitative estimate of drug-likeness (QED) is 0.278. The average molecular weight is 686 g/mol. The molecule has 11 nitrogen and oxygen atoms in total. The number of nitrogens with one attached hydrogen (secondary N) is 1. The van der Waals surface area contributed by atoms with E-state index in [9.17, 15) is 15.0 Å². The Bertz CT molecular complexity index is 972. The normalized spacial score (nSPS) is 27.4. The van der Waals surface area contributed by atoms with Crippen molar-refractivity contribution in [2.45, 2.75) is 206 Å². The van der Waals surface area contributed by atoms with E-state index in [1.54, 1.807) is 6.92 Å². The van der Waals surface area contributed by atoms with Crippen LogP contribution in [-0.4, -0.2) is 121 Å². The first-order chi connectivity index (χ1) is 21.6. The highest BCUT2D eigenvalue weighted by Crippen LogP contribution is 2.42. The highest BCUT2D eigenvalue weighted by Gasteiger charge is 2.49. The maximum absolute atomic E-state index is 11.2. The Kier molecular flexibility index (Phi) is 14.6. The lowest BCUT2D eigenvalue weighted by Crippen LogP contribution is -2.63. The van der Waals surface area contributed by atoms with E-state index in [2.05, 4.69) is 98.5 Å². The monoisotopic (exact) mass is 686 g/mol. The first-order valence-electron chi connectivity index (χ1n) is 18.3. The van der Waals surface area contributed by atoms with Crippen LogP contribution in [0.3, 0.4) is 0 Å². The molecule has 3 heterocycles.